The Hall–Kier alpha value is -2.09. The number of hydrogen-bond acceptors (Lipinski definition) is 7. The van der Waals surface area contributed by atoms with Gasteiger partial charge in [-0.1, -0.05) is 6.07 Å². The third kappa shape index (κ3) is 2.34. The summed E-state index contributed by atoms with van der Waals surface area (Å²) in [6.07, 6.45) is 2.15. The number of esters is 1. The van der Waals surface area contributed by atoms with E-state index in [2.05, 4.69) is 15.5 Å². The number of aromatic nitrogens is 4. The van der Waals surface area contributed by atoms with E-state index in [1.165, 1.54) is 18.9 Å². The second-order valence-corrected chi connectivity index (χ2v) is 5.43. The van der Waals surface area contributed by atoms with Crippen LogP contribution in [-0.4, -0.2) is 33.3 Å². The highest BCUT2D eigenvalue weighted by Gasteiger charge is 2.29. The Morgan fingerprint density at radius 3 is 3.00 bits per heavy atom. The third-order valence-corrected chi connectivity index (χ3v) is 4.11. The van der Waals surface area contributed by atoms with Crippen molar-refractivity contribution >= 4 is 23.4 Å². The predicted molar refractivity (Wildman–Crippen MR) is 72.4 cm³/mol. The van der Waals surface area contributed by atoms with E-state index < -0.39 is 5.97 Å². The lowest BCUT2D eigenvalue weighted by Crippen LogP contribution is -2.06. The van der Waals surface area contributed by atoms with Crippen LogP contribution in [0, 0.1) is 0 Å². The number of nitrogens with zero attached hydrogens (tertiary/aromatic N) is 4. The first-order chi connectivity index (χ1) is 9.70. The zero-order valence-electron chi connectivity index (χ0n) is 10.8. The smallest absolute Gasteiger partial charge is 0.339 e. The van der Waals surface area contributed by atoms with E-state index in [4.69, 9.17) is 10.5 Å². The molecule has 0 spiro atoms. The molecule has 1 aromatic heterocycles. The number of nitrogens with two attached hydrogens (primary N) is 1. The maximum atomic E-state index is 11.8. The van der Waals surface area contributed by atoms with Gasteiger partial charge >= 0.3 is 5.97 Å². The summed E-state index contributed by atoms with van der Waals surface area (Å²) in [7, 11) is 1.34. The molecule has 20 heavy (non-hydrogen) atoms. The van der Waals surface area contributed by atoms with Crippen molar-refractivity contribution in [1.29, 1.82) is 0 Å². The SMILES string of the molecule is COC(=O)c1cccc(N)c1Sc1nnnn1C1CC1. The van der Waals surface area contributed by atoms with Crippen LogP contribution in [0.1, 0.15) is 29.2 Å². The molecule has 1 aliphatic carbocycles. The Balaban J connectivity index is 1.97. The first kappa shape index (κ1) is 12.9. The Morgan fingerprint density at radius 2 is 2.30 bits per heavy atom. The van der Waals surface area contributed by atoms with Crippen molar-refractivity contribution in [3.05, 3.63) is 23.8 Å². The summed E-state index contributed by atoms with van der Waals surface area (Å²) in [6.45, 7) is 0. The maximum absolute atomic E-state index is 11.8. The van der Waals surface area contributed by atoms with Gasteiger partial charge in [0, 0.05) is 5.69 Å². The van der Waals surface area contributed by atoms with Gasteiger partial charge in [0.05, 0.1) is 23.6 Å². The maximum Gasteiger partial charge on any atom is 0.339 e. The molecular weight excluding hydrogens is 278 g/mol. The molecule has 0 atom stereocenters. The molecular formula is C12H13N5O2S. The summed E-state index contributed by atoms with van der Waals surface area (Å²) < 4.78 is 6.55. The minimum atomic E-state index is -0.426. The first-order valence-corrected chi connectivity index (χ1v) is 6.95. The van der Waals surface area contributed by atoms with E-state index >= 15 is 0 Å². The van der Waals surface area contributed by atoms with E-state index in [0.29, 0.717) is 27.3 Å². The fourth-order valence-corrected chi connectivity index (χ4v) is 2.82. The van der Waals surface area contributed by atoms with Gasteiger partial charge in [0.25, 0.3) is 0 Å². The summed E-state index contributed by atoms with van der Waals surface area (Å²) in [5, 5.41) is 12.3. The zero-order chi connectivity index (χ0) is 14.1. The molecule has 0 unspecified atom stereocenters. The van der Waals surface area contributed by atoms with Gasteiger partial charge in [0.15, 0.2) is 0 Å². The number of nitrogen functional groups attached to an aromatic ring is 1. The van der Waals surface area contributed by atoms with Crippen LogP contribution in [0.5, 0.6) is 0 Å². The highest BCUT2D eigenvalue weighted by molar-refractivity contribution is 7.99. The number of carbonyl (C=O) groups excluding carboxylic acids is 1. The lowest BCUT2D eigenvalue weighted by atomic mass is 10.2. The minimum absolute atomic E-state index is 0.360. The standard InChI is InChI=1S/C12H13N5O2S/c1-19-11(18)8-3-2-4-9(13)10(8)20-12-14-15-16-17(12)7-5-6-7/h2-4,7H,5-6,13H2,1H3. The number of benzene rings is 1. The van der Waals surface area contributed by atoms with Gasteiger partial charge in [0.2, 0.25) is 5.16 Å². The Morgan fingerprint density at radius 1 is 1.50 bits per heavy atom. The van der Waals surface area contributed by atoms with E-state index in [1.807, 2.05) is 0 Å². The van der Waals surface area contributed by atoms with Gasteiger partial charge in [-0.15, -0.1) is 5.10 Å². The topological polar surface area (TPSA) is 95.9 Å². The molecule has 1 fully saturated rings. The molecule has 1 aliphatic rings. The zero-order valence-corrected chi connectivity index (χ0v) is 11.6. The van der Waals surface area contributed by atoms with Gasteiger partial charge in [-0.3, -0.25) is 0 Å². The number of methoxy groups -OCH3 is 1. The van der Waals surface area contributed by atoms with Gasteiger partial charge < -0.3 is 10.5 Å². The number of ether oxygens (including phenoxy) is 1. The highest BCUT2D eigenvalue weighted by Crippen LogP contribution is 2.40. The van der Waals surface area contributed by atoms with Gasteiger partial charge in [-0.05, 0) is 47.2 Å². The summed E-state index contributed by atoms with van der Waals surface area (Å²) >= 11 is 1.29. The van der Waals surface area contributed by atoms with Crippen molar-refractivity contribution in [2.45, 2.75) is 28.9 Å². The molecule has 2 N–H and O–H groups in total. The largest absolute Gasteiger partial charge is 0.465 e. The Labute approximate surface area is 119 Å². The van der Waals surface area contributed by atoms with E-state index in [-0.39, 0.29) is 0 Å². The molecule has 0 amide bonds. The van der Waals surface area contributed by atoms with Crippen LogP contribution in [0.3, 0.4) is 0 Å². The number of tetrazole rings is 1. The molecule has 0 bridgehead atoms. The van der Waals surface area contributed by atoms with Crippen LogP contribution in [0.15, 0.2) is 28.3 Å². The van der Waals surface area contributed by atoms with Crippen molar-refractivity contribution in [1.82, 2.24) is 20.2 Å². The molecule has 1 heterocycles. The normalized spacial score (nSPS) is 14.2. The Kier molecular flexibility index (Phi) is 3.31. The highest BCUT2D eigenvalue weighted by atomic mass is 32.2. The van der Waals surface area contributed by atoms with Gasteiger partial charge in [-0.2, -0.15) is 0 Å². The number of anilines is 1. The summed E-state index contributed by atoms with van der Waals surface area (Å²) in [4.78, 5) is 12.4. The Bertz CT molecular complexity index is 653. The molecule has 1 saturated carbocycles. The molecule has 0 saturated heterocycles. The van der Waals surface area contributed by atoms with Crippen LogP contribution in [-0.2, 0) is 4.74 Å². The summed E-state index contributed by atoms with van der Waals surface area (Å²) in [5.41, 5.74) is 6.89. The van der Waals surface area contributed by atoms with Crippen molar-refractivity contribution in [2.75, 3.05) is 12.8 Å². The average molecular weight is 291 g/mol. The minimum Gasteiger partial charge on any atom is -0.465 e. The first-order valence-electron chi connectivity index (χ1n) is 6.13. The second-order valence-electron chi connectivity index (χ2n) is 4.45. The molecule has 3 rings (SSSR count). The van der Waals surface area contributed by atoms with Crippen LogP contribution in [0.4, 0.5) is 5.69 Å². The van der Waals surface area contributed by atoms with E-state index in [0.717, 1.165) is 12.8 Å². The predicted octanol–water partition coefficient (Wildman–Crippen LogP) is 1.53. The van der Waals surface area contributed by atoms with Crippen LogP contribution in [0.2, 0.25) is 0 Å². The summed E-state index contributed by atoms with van der Waals surface area (Å²) in [5.74, 6) is -0.426. The van der Waals surface area contributed by atoms with E-state index in [9.17, 15) is 4.79 Å². The molecule has 104 valence electrons. The van der Waals surface area contributed by atoms with Crippen LogP contribution in [0.25, 0.3) is 0 Å². The van der Waals surface area contributed by atoms with Crippen LogP contribution >= 0.6 is 11.8 Å². The number of carbonyl (C=O) groups is 1. The second kappa shape index (κ2) is 5.12. The van der Waals surface area contributed by atoms with Crippen molar-refractivity contribution in [2.24, 2.45) is 0 Å². The van der Waals surface area contributed by atoms with Crippen molar-refractivity contribution < 1.29 is 9.53 Å². The summed E-state index contributed by atoms with van der Waals surface area (Å²) in [6, 6.07) is 5.49. The molecule has 0 radical (unpaired) electrons. The lowest BCUT2D eigenvalue weighted by molar-refractivity contribution is 0.0597. The number of hydrogen-bond donors (Lipinski definition) is 1. The molecule has 1 aromatic carbocycles. The quantitative estimate of drug-likeness (QED) is 0.674. The number of rotatable bonds is 4. The fraction of sp³-hybridized carbons (Fsp3) is 0.333. The lowest BCUT2D eigenvalue weighted by Gasteiger charge is -2.09. The third-order valence-electron chi connectivity index (χ3n) is 3.00. The average Bonchev–Trinajstić information content (AvgIpc) is 3.20. The van der Waals surface area contributed by atoms with E-state index in [1.54, 1.807) is 22.9 Å². The molecule has 8 heteroatoms. The van der Waals surface area contributed by atoms with Gasteiger partial charge in [-0.25, -0.2) is 9.48 Å². The van der Waals surface area contributed by atoms with Crippen molar-refractivity contribution in [3.8, 4) is 0 Å². The molecule has 2 aromatic rings. The fourth-order valence-electron chi connectivity index (χ4n) is 1.83. The molecule has 0 aliphatic heterocycles. The monoisotopic (exact) mass is 291 g/mol. The van der Waals surface area contributed by atoms with Crippen LogP contribution < -0.4 is 5.73 Å². The van der Waals surface area contributed by atoms with Gasteiger partial charge in [0.1, 0.15) is 0 Å². The molecule has 7 nitrogen and oxygen atoms in total. The van der Waals surface area contributed by atoms with Crippen molar-refractivity contribution in [3.63, 3.8) is 0 Å².